The summed E-state index contributed by atoms with van der Waals surface area (Å²) in [6, 6.07) is 0. The summed E-state index contributed by atoms with van der Waals surface area (Å²) in [6.07, 6.45) is 4.07. The summed E-state index contributed by atoms with van der Waals surface area (Å²) in [5.41, 5.74) is -0.590. The van der Waals surface area contributed by atoms with Gasteiger partial charge in [0.25, 0.3) is 0 Å². The molecule has 1 N–H and O–H groups in total. The highest BCUT2D eigenvalue weighted by atomic mass is 16.5. The van der Waals surface area contributed by atoms with Crippen molar-refractivity contribution in [2.75, 3.05) is 6.61 Å². The van der Waals surface area contributed by atoms with Crippen LogP contribution < -0.4 is 0 Å². The third-order valence-corrected chi connectivity index (χ3v) is 2.85. The smallest absolute Gasteiger partial charge is 0.0881 e. The summed E-state index contributed by atoms with van der Waals surface area (Å²) in [5.74, 6) is 0.696. The Morgan fingerprint density at radius 3 is 2.77 bits per heavy atom. The minimum absolute atomic E-state index is 0.0589. The Morgan fingerprint density at radius 1 is 1.54 bits per heavy atom. The molecule has 0 bridgehead atoms. The molecule has 1 rings (SSSR count). The third kappa shape index (κ3) is 3.28. The van der Waals surface area contributed by atoms with Crippen LogP contribution in [0.5, 0.6) is 0 Å². The molecular weight excluding hydrogens is 164 g/mol. The van der Waals surface area contributed by atoms with E-state index >= 15 is 0 Å². The van der Waals surface area contributed by atoms with E-state index in [9.17, 15) is 5.11 Å². The molecule has 1 heterocycles. The highest BCUT2D eigenvalue weighted by Crippen LogP contribution is 2.28. The lowest BCUT2D eigenvalue weighted by molar-refractivity contribution is -0.138. The van der Waals surface area contributed by atoms with Crippen LogP contribution in [0, 0.1) is 5.92 Å². The van der Waals surface area contributed by atoms with Crippen molar-refractivity contribution >= 4 is 0 Å². The molecule has 1 fully saturated rings. The van der Waals surface area contributed by atoms with Gasteiger partial charge in [0.2, 0.25) is 0 Å². The van der Waals surface area contributed by atoms with Crippen LogP contribution >= 0.6 is 0 Å². The minimum atomic E-state index is -0.590. The summed E-state index contributed by atoms with van der Waals surface area (Å²) in [5, 5.41) is 10.0. The Balaban J connectivity index is 2.37. The van der Waals surface area contributed by atoms with Gasteiger partial charge in [0.05, 0.1) is 11.7 Å². The van der Waals surface area contributed by atoms with Crippen molar-refractivity contribution in [1.29, 1.82) is 0 Å². The fraction of sp³-hybridized carbons (Fsp3) is 1.00. The van der Waals surface area contributed by atoms with Crippen molar-refractivity contribution in [2.45, 2.75) is 58.2 Å². The summed E-state index contributed by atoms with van der Waals surface area (Å²) in [6.45, 7) is 7.13. The predicted octanol–water partition coefficient (Wildman–Crippen LogP) is 2.35. The van der Waals surface area contributed by atoms with Gasteiger partial charge < -0.3 is 9.84 Å². The van der Waals surface area contributed by atoms with E-state index in [-0.39, 0.29) is 6.10 Å². The number of hydrogen-bond acceptors (Lipinski definition) is 2. The molecular formula is C11H22O2. The van der Waals surface area contributed by atoms with Crippen molar-refractivity contribution in [3.63, 3.8) is 0 Å². The highest BCUT2D eigenvalue weighted by molar-refractivity contribution is 4.86. The van der Waals surface area contributed by atoms with Crippen LogP contribution in [0.3, 0.4) is 0 Å². The Bertz CT molecular complexity index is 152. The fourth-order valence-corrected chi connectivity index (χ4v) is 1.88. The Hall–Kier alpha value is -0.0800. The first-order valence-electron chi connectivity index (χ1n) is 5.36. The lowest BCUT2D eigenvalue weighted by Crippen LogP contribution is -2.44. The molecule has 13 heavy (non-hydrogen) atoms. The summed E-state index contributed by atoms with van der Waals surface area (Å²) in [4.78, 5) is 0. The van der Waals surface area contributed by atoms with Gasteiger partial charge >= 0.3 is 0 Å². The largest absolute Gasteiger partial charge is 0.387 e. The maximum absolute atomic E-state index is 10.0. The predicted molar refractivity (Wildman–Crippen MR) is 53.7 cm³/mol. The van der Waals surface area contributed by atoms with Gasteiger partial charge in [-0.3, -0.25) is 0 Å². The van der Waals surface area contributed by atoms with E-state index in [1.807, 2.05) is 6.92 Å². The summed E-state index contributed by atoms with van der Waals surface area (Å²) < 4.78 is 5.59. The normalized spacial score (nSPS) is 35.3. The average molecular weight is 186 g/mol. The quantitative estimate of drug-likeness (QED) is 0.733. The Kier molecular flexibility index (Phi) is 3.74. The molecule has 2 nitrogen and oxygen atoms in total. The van der Waals surface area contributed by atoms with Crippen LogP contribution in [0.4, 0.5) is 0 Å². The van der Waals surface area contributed by atoms with E-state index in [0.717, 1.165) is 32.3 Å². The molecule has 1 aliphatic heterocycles. The van der Waals surface area contributed by atoms with Crippen molar-refractivity contribution in [2.24, 2.45) is 5.92 Å². The summed E-state index contributed by atoms with van der Waals surface area (Å²) in [7, 11) is 0. The molecule has 0 aromatic carbocycles. The van der Waals surface area contributed by atoms with Gasteiger partial charge in [-0.15, -0.1) is 0 Å². The number of aliphatic hydroxyl groups is 1. The lowest BCUT2D eigenvalue weighted by atomic mass is 9.87. The van der Waals surface area contributed by atoms with E-state index in [4.69, 9.17) is 4.74 Å². The highest BCUT2D eigenvalue weighted by Gasteiger charge is 2.34. The number of rotatable bonds is 3. The lowest BCUT2D eigenvalue weighted by Gasteiger charge is -2.37. The van der Waals surface area contributed by atoms with Crippen LogP contribution in [-0.2, 0) is 4.74 Å². The van der Waals surface area contributed by atoms with Crippen molar-refractivity contribution in [1.82, 2.24) is 0 Å². The Labute approximate surface area is 81.3 Å². The van der Waals surface area contributed by atoms with Crippen LogP contribution in [0.25, 0.3) is 0 Å². The molecule has 0 amide bonds. The zero-order chi connectivity index (χ0) is 9.90. The van der Waals surface area contributed by atoms with Crippen LogP contribution in [0.1, 0.15) is 46.5 Å². The second-order valence-corrected chi connectivity index (χ2v) is 4.79. The van der Waals surface area contributed by atoms with Crippen molar-refractivity contribution in [3.05, 3.63) is 0 Å². The van der Waals surface area contributed by atoms with E-state index in [2.05, 4.69) is 13.8 Å². The fourth-order valence-electron chi connectivity index (χ4n) is 1.88. The van der Waals surface area contributed by atoms with E-state index in [1.54, 1.807) is 0 Å². The maximum atomic E-state index is 10.0. The second-order valence-electron chi connectivity index (χ2n) is 4.79. The SMILES string of the molecule is CC(C)CCC1OCCCC1(C)O. The van der Waals surface area contributed by atoms with Gasteiger partial charge in [0, 0.05) is 6.61 Å². The van der Waals surface area contributed by atoms with Crippen molar-refractivity contribution < 1.29 is 9.84 Å². The van der Waals surface area contributed by atoms with Crippen LogP contribution in [0.15, 0.2) is 0 Å². The second kappa shape index (κ2) is 4.43. The molecule has 2 atom stereocenters. The van der Waals surface area contributed by atoms with Crippen LogP contribution in [0.2, 0.25) is 0 Å². The van der Waals surface area contributed by atoms with Gasteiger partial charge in [-0.1, -0.05) is 13.8 Å². The molecule has 2 unspecified atom stereocenters. The molecule has 2 heteroatoms. The third-order valence-electron chi connectivity index (χ3n) is 2.85. The zero-order valence-electron chi connectivity index (χ0n) is 9.05. The molecule has 0 aliphatic carbocycles. The molecule has 0 spiro atoms. The van der Waals surface area contributed by atoms with E-state index in [0.29, 0.717) is 5.92 Å². The first-order valence-corrected chi connectivity index (χ1v) is 5.36. The Morgan fingerprint density at radius 2 is 2.23 bits per heavy atom. The first-order chi connectivity index (χ1) is 6.02. The molecule has 0 radical (unpaired) electrons. The standard InChI is InChI=1S/C11H22O2/c1-9(2)5-6-10-11(3,12)7-4-8-13-10/h9-10,12H,4-8H2,1-3H3. The average Bonchev–Trinajstić information content (AvgIpc) is 2.01. The van der Waals surface area contributed by atoms with Gasteiger partial charge in [-0.05, 0) is 38.5 Å². The van der Waals surface area contributed by atoms with Crippen molar-refractivity contribution in [3.8, 4) is 0 Å². The molecule has 1 saturated heterocycles. The van der Waals surface area contributed by atoms with E-state index < -0.39 is 5.60 Å². The van der Waals surface area contributed by atoms with Crippen LogP contribution in [-0.4, -0.2) is 23.4 Å². The number of hydrogen-bond donors (Lipinski definition) is 1. The topological polar surface area (TPSA) is 29.5 Å². The van der Waals surface area contributed by atoms with Gasteiger partial charge in [-0.25, -0.2) is 0 Å². The monoisotopic (exact) mass is 186 g/mol. The molecule has 0 aromatic heterocycles. The molecule has 0 aromatic rings. The zero-order valence-corrected chi connectivity index (χ0v) is 9.05. The maximum Gasteiger partial charge on any atom is 0.0881 e. The molecule has 1 aliphatic rings. The number of ether oxygens (including phenoxy) is 1. The van der Waals surface area contributed by atoms with Gasteiger partial charge in [0.1, 0.15) is 0 Å². The minimum Gasteiger partial charge on any atom is -0.387 e. The first kappa shape index (κ1) is 11.0. The van der Waals surface area contributed by atoms with Gasteiger partial charge in [-0.2, -0.15) is 0 Å². The molecule has 78 valence electrons. The van der Waals surface area contributed by atoms with E-state index in [1.165, 1.54) is 0 Å². The summed E-state index contributed by atoms with van der Waals surface area (Å²) >= 11 is 0. The van der Waals surface area contributed by atoms with Gasteiger partial charge in [0.15, 0.2) is 0 Å². The molecule has 0 saturated carbocycles.